The van der Waals surface area contributed by atoms with Crippen molar-refractivity contribution in [1.29, 1.82) is 0 Å². The van der Waals surface area contributed by atoms with E-state index in [1.807, 2.05) is 0 Å². The van der Waals surface area contributed by atoms with Crippen LogP contribution in [0.15, 0.2) is 18.2 Å². The van der Waals surface area contributed by atoms with E-state index in [1.165, 1.54) is 24.2 Å². The lowest BCUT2D eigenvalue weighted by atomic mass is 9.98. The minimum atomic E-state index is 0.796. The van der Waals surface area contributed by atoms with E-state index in [4.69, 9.17) is 4.74 Å². The molecule has 0 amide bonds. The van der Waals surface area contributed by atoms with Gasteiger partial charge in [-0.1, -0.05) is 13.0 Å². The molecule has 0 saturated carbocycles. The second-order valence-corrected chi connectivity index (χ2v) is 5.56. The van der Waals surface area contributed by atoms with Gasteiger partial charge in [-0.25, -0.2) is 0 Å². The van der Waals surface area contributed by atoms with Gasteiger partial charge in [0.15, 0.2) is 5.75 Å². The zero-order chi connectivity index (χ0) is 12.5. The number of rotatable bonds is 1. The molecular formula is C15H22N2O. The monoisotopic (exact) mass is 246 g/mol. The molecule has 1 saturated heterocycles. The predicted molar refractivity (Wildman–Crippen MR) is 75.8 cm³/mol. The minimum absolute atomic E-state index is 0.796. The predicted octanol–water partition coefficient (Wildman–Crippen LogP) is 2.75. The third-order valence-corrected chi connectivity index (χ3v) is 4.18. The van der Waals surface area contributed by atoms with Crippen molar-refractivity contribution in [3.05, 3.63) is 18.2 Å². The van der Waals surface area contributed by atoms with Gasteiger partial charge in [0.1, 0.15) is 6.61 Å². The van der Waals surface area contributed by atoms with Crippen LogP contribution in [-0.2, 0) is 0 Å². The van der Waals surface area contributed by atoms with Crippen molar-refractivity contribution in [2.24, 2.45) is 5.92 Å². The first kappa shape index (κ1) is 11.7. The molecule has 0 N–H and O–H groups in total. The van der Waals surface area contributed by atoms with Gasteiger partial charge in [0.25, 0.3) is 0 Å². The van der Waals surface area contributed by atoms with Crippen LogP contribution in [-0.4, -0.2) is 33.3 Å². The molecule has 0 aliphatic carbocycles. The van der Waals surface area contributed by atoms with Crippen molar-refractivity contribution in [2.75, 3.05) is 43.1 Å². The number of para-hydroxylation sites is 1. The van der Waals surface area contributed by atoms with Gasteiger partial charge in [-0.05, 0) is 30.9 Å². The summed E-state index contributed by atoms with van der Waals surface area (Å²) in [5.74, 6) is 1.95. The first-order valence-electron chi connectivity index (χ1n) is 6.97. The Bertz CT molecular complexity index is 425. The van der Waals surface area contributed by atoms with Crippen LogP contribution in [0.4, 0.5) is 11.4 Å². The Hall–Kier alpha value is -1.38. The summed E-state index contributed by atoms with van der Waals surface area (Å²) in [7, 11) is 2.14. The average molecular weight is 246 g/mol. The molecule has 3 rings (SSSR count). The largest absolute Gasteiger partial charge is 0.487 e. The number of fused-ring (bicyclic) bond motifs is 1. The van der Waals surface area contributed by atoms with Gasteiger partial charge in [0, 0.05) is 20.1 Å². The molecule has 0 atom stereocenters. The maximum atomic E-state index is 5.92. The summed E-state index contributed by atoms with van der Waals surface area (Å²) in [5, 5.41) is 0. The summed E-state index contributed by atoms with van der Waals surface area (Å²) in [6.45, 7) is 6.44. The van der Waals surface area contributed by atoms with Crippen molar-refractivity contribution >= 4 is 11.4 Å². The quantitative estimate of drug-likeness (QED) is 0.758. The van der Waals surface area contributed by atoms with E-state index in [9.17, 15) is 0 Å². The number of hydrogen-bond donors (Lipinski definition) is 0. The van der Waals surface area contributed by atoms with Gasteiger partial charge in [-0.3, -0.25) is 0 Å². The van der Waals surface area contributed by atoms with Crippen LogP contribution in [0.3, 0.4) is 0 Å². The summed E-state index contributed by atoms with van der Waals surface area (Å²) < 4.78 is 5.92. The number of benzene rings is 1. The number of nitrogens with zero attached hydrogens (tertiary/aromatic N) is 2. The molecule has 18 heavy (non-hydrogen) atoms. The van der Waals surface area contributed by atoms with Crippen molar-refractivity contribution < 1.29 is 4.74 Å². The van der Waals surface area contributed by atoms with Crippen LogP contribution < -0.4 is 14.5 Å². The van der Waals surface area contributed by atoms with Crippen molar-refractivity contribution in [3.8, 4) is 5.75 Å². The SMILES string of the molecule is CC1CCN(c2cccc3c2OCCN3C)CC1. The van der Waals surface area contributed by atoms with Crippen LogP contribution >= 0.6 is 0 Å². The summed E-state index contributed by atoms with van der Waals surface area (Å²) in [4.78, 5) is 4.77. The molecule has 0 spiro atoms. The molecule has 3 heteroatoms. The number of ether oxygens (including phenoxy) is 1. The first-order chi connectivity index (χ1) is 8.75. The Morgan fingerprint density at radius 1 is 1.11 bits per heavy atom. The highest BCUT2D eigenvalue weighted by Crippen LogP contribution is 2.40. The van der Waals surface area contributed by atoms with Gasteiger partial charge in [-0.2, -0.15) is 0 Å². The summed E-state index contributed by atoms with van der Waals surface area (Å²) in [5.41, 5.74) is 2.52. The fourth-order valence-electron chi connectivity index (χ4n) is 2.87. The smallest absolute Gasteiger partial charge is 0.165 e. The molecule has 3 nitrogen and oxygen atoms in total. The zero-order valence-corrected chi connectivity index (χ0v) is 11.4. The maximum Gasteiger partial charge on any atom is 0.165 e. The standard InChI is InChI=1S/C15H22N2O/c1-12-6-8-17(9-7-12)14-5-3-4-13-15(14)18-11-10-16(13)2/h3-5,12H,6-11H2,1-2H3. The molecule has 0 radical (unpaired) electrons. The topological polar surface area (TPSA) is 15.7 Å². The summed E-state index contributed by atoms with van der Waals surface area (Å²) >= 11 is 0. The average Bonchev–Trinajstić information content (AvgIpc) is 2.40. The van der Waals surface area contributed by atoms with E-state index in [2.05, 4.69) is 42.0 Å². The highest BCUT2D eigenvalue weighted by molar-refractivity contribution is 5.73. The van der Waals surface area contributed by atoms with Gasteiger partial charge < -0.3 is 14.5 Å². The number of piperidine rings is 1. The van der Waals surface area contributed by atoms with Gasteiger partial charge in [0.05, 0.1) is 17.9 Å². The van der Waals surface area contributed by atoms with Gasteiger partial charge in [0.2, 0.25) is 0 Å². The fourth-order valence-corrected chi connectivity index (χ4v) is 2.87. The molecule has 1 aromatic carbocycles. The van der Waals surface area contributed by atoms with E-state index in [0.717, 1.165) is 37.9 Å². The molecule has 0 aromatic heterocycles. The molecule has 1 fully saturated rings. The van der Waals surface area contributed by atoms with E-state index >= 15 is 0 Å². The van der Waals surface area contributed by atoms with Gasteiger partial charge in [-0.15, -0.1) is 0 Å². The zero-order valence-electron chi connectivity index (χ0n) is 11.4. The maximum absolute atomic E-state index is 5.92. The Kier molecular flexibility index (Phi) is 3.06. The van der Waals surface area contributed by atoms with Gasteiger partial charge >= 0.3 is 0 Å². The van der Waals surface area contributed by atoms with Crippen molar-refractivity contribution in [1.82, 2.24) is 0 Å². The number of anilines is 2. The lowest BCUT2D eigenvalue weighted by Crippen LogP contribution is -2.35. The van der Waals surface area contributed by atoms with E-state index < -0.39 is 0 Å². The third kappa shape index (κ3) is 2.02. The second-order valence-electron chi connectivity index (χ2n) is 5.56. The molecule has 2 aliphatic heterocycles. The van der Waals surface area contributed by atoms with Crippen molar-refractivity contribution in [2.45, 2.75) is 19.8 Å². The molecule has 2 heterocycles. The number of likely N-dealkylation sites (N-methyl/N-ethyl adjacent to an activating group) is 1. The lowest BCUT2D eigenvalue weighted by Gasteiger charge is -2.36. The third-order valence-electron chi connectivity index (χ3n) is 4.18. The van der Waals surface area contributed by atoms with Crippen LogP contribution in [0.5, 0.6) is 5.75 Å². The molecule has 0 unspecified atom stereocenters. The van der Waals surface area contributed by atoms with Crippen LogP contribution in [0.2, 0.25) is 0 Å². The molecule has 98 valence electrons. The summed E-state index contributed by atoms with van der Waals surface area (Å²) in [6.07, 6.45) is 2.58. The molecule has 1 aromatic rings. The fraction of sp³-hybridized carbons (Fsp3) is 0.600. The second kappa shape index (κ2) is 4.71. The van der Waals surface area contributed by atoms with E-state index in [1.54, 1.807) is 0 Å². The summed E-state index contributed by atoms with van der Waals surface area (Å²) in [6, 6.07) is 6.51. The molecular weight excluding hydrogens is 224 g/mol. The lowest BCUT2D eigenvalue weighted by molar-refractivity contribution is 0.310. The normalized spacial score (nSPS) is 20.6. The number of hydrogen-bond acceptors (Lipinski definition) is 3. The van der Waals surface area contributed by atoms with Crippen LogP contribution in [0, 0.1) is 5.92 Å². The van der Waals surface area contributed by atoms with E-state index in [0.29, 0.717) is 0 Å². The van der Waals surface area contributed by atoms with Crippen molar-refractivity contribution in [3.63, 3.8) is 0 Å². The Labute approximate surface area is 109 Å². The van der Waals surface area contributed by atoms with Crippen LogP contribution in [0.1, 0.15) is 19.8 Å². The highest BCUT2D eigenvalue weighted by atomic mass is 16.5. The minimum Gasteiger partial charge on any atom is -0.487 e. The Morgan fingerprint density at radius 2 is 1.83 bits per heavy atom. The molecule has 2 aliphatic rings. The van der Waals surface area contributed by atoms with Crippen LogP contribution in [0.25, 0.3) is 0 Å². The van der Waals surface area contributed by atoms with E-state index in [-0.39, 0.29) is 0 Å². The first-order valence-corrected chi connectivity index (χ1v) is 6.97. The Balaban J connectivity index is 1.90. The highest BCUT2D eigenvalue weighted by Gasteiger charge is 2.23. The molecule has 0 bridgehead atoms. The Morgan fingerprint density at radius 3 is 2.61 bits per heavy atom.